The number of hydrogen-bond donors (Lipinski definition) is 0. The Kier molecular flexibility index (Phi) is 5.12. The Bertz CT molecular complexity index is 1210. The van der Waals surface area contributed by atoms with E-state index < -0.39 is 0 Å². The second kappa shape index (κ2) is 8.22. The molecule has 1 amide bonds. The van der Waals surface area contributed by atoms with Crippen molar-refractivity contribution in [1.29, 1.82) is 0 Å². The maximum absolute atomic E-state index is 12.8. The minimum absolute atomic E-state index is 0.162. The number of aryl methyl sites for hydroxylation is 1. The summed E-state index contributed by atoms with van der Waals surface area (Å²) in [6, 6.07) is 22.4. The Morgan fingerprint density at radius 2 is 1.81 bits per heavy atom. The van der Waals surface area contributed by atoms with Crippen molar-refractivity contribution in [2.24, 2.45) is 0 Å². The molecule has 0 bridgehead atoms. The molecule has 0 radical (unpaired) electrons. The van der Waals surface area contributed by atoms with E-state index in [9.17, 15) is 4.79 Å². The zero-order valence-electron chi connectivity index (χ0n) is 17.4. The van der Waals surface area contributed by atoms with Crippen LogP contribution in [0.15, 0.2) is 72.9 Å². The van der Waals surface area contributed by atoms with Gasteiger partial charge in [0.1, 0.15) is 11.4 Å². The summed E-state index contributed by atoms with van der Waals surface area (Å²) in [5.74, 6) is 0.999. The first-order valence-electron chi connectivity index (χ1n) is 10.5. The van der Waals surface area contributed by atoms with Crippen LogP contribution in [0.5, 0.6) is 5.75 Å². The van der Waals surface area contributed by atoms with Gasteiger partial charge in [0.25, 0.3) is 0 Å². The number of rotatable bonds is 6. The van der Waals surface area contributed by atoms with Crippen molar-refractivity contribution in [2.45, 2.75) is 18.9 Å². The van der Waals surface area contributed by atoms with E-state index in [0.29, 0.717) is 25.9 Å². The van der Waals surface area contributed by atoms with E-state index in [2.05, 4.69) is 28.5 Å². The highest BCUT2D eigenvalue weighted by Crippen LogP contribution is 2.30. The van der Waals surface area contributed by atoms with Gasteiger partial charge in [-0.05, 0) is 23.3 Å². The molecule has 0 unspecified atom stereocenters. The van der Waals surface area contributed by atoms with Gasteiger partial charge in [0.15, 0.2) is 0 Å². The standard InChI is InChI=1S/C25H24N4O2/c1-31-24-13-11-18-7-5-6-10-21(18)22(24)12-14-25(30)28-15-20(16-28)29-17-23(26-27-29)19-8-3-2-4-9-19/h2-11,13,17,20H,12,14-16H2,1H3. The van der Waals surface area contributed by atoms with Gasteiger partial charge in [-0.1, -0.05) is 65.9 Å². The zero-order valence-corrected chi connectivity index (χ0v) is 17.4. The number of likely N-dealkylation sites (tertiary alicyclic amines) is 1. The monoisotopic (exact) mass is 412 g/mol. The van der Waals surface area contributed by atoms with Crippen molar-refractivity contribution in [2.75, 3.05) is 20.2 Å². The maximum Gasteiger partial charge on any atom is 0.223 e. The number of benzene rings is 3. The quantitative estimate of drug-likeness (QED) is 0.478. The summed E-state index contributed by atoms with van der Waals surface area (Å²) in [6.07, 6.45) is 3.08. The molecule has 1 aliphatic rings. The molecule has 1 fully saturated rings. The van der Waals surface area contributed by atoms with Crippen LogP contribution in [0, 0.1) is 0 Å². The molecular formula is C25H24N4O2. The Morgan fingerprint density at radius 1 is 1.03 bits per heavy atom. The first-order chi connectivity index (χ1) is 15.2. The number of hydrogen-bond acceptors (Lipinski definition) is 4. The summed E-state index contributed by atoms with van der Waals surface area (Å²) in [5.41, 5.74) is 2.99. The highest BCUT2D eigenvalue weighted by atomic mass is 16.5. The average Bonchev–Trinajstić information content (AvgIpc) is 3.26. The summed E-state index contributed by atoms with van der Waals surface area (Å²) in [4.78, 5) is 14.7. The van der Waals surface area contributed by atoms with Gasteiger partial charge >= 0.3 is 0 Å². The third-order valence-electron chi connectivity index (χ3n) is 5.98. The van der Waals surface area contributed by atoms with Crippen LogP contribution in [0.2, 0.25) is 0 Å². The molecule has 1 aromatic heterocycles. The van der Waals surface area contributed by atoms with Crippen LogP contribution in [0.1, 0.15) is 18.0 Å². The first-order valence-corrected chi connectivity index (χ1v) is 10.5. The Labute approximate surface area is 181 Å². The summed E-state index contributed by atoms with van der Waals surface area (Å²) in [5, 5.41) is 10.9. The molecule has 0 saturated carbocycles. The van der Waals surface area contributed by atoms with Gasteiger partial charge < -0.3 is 9.64 Å². The molecule has 31 heavy (non-hydrogen) atoms. The third-order valence-corrected chi connectivity index (χ3v) is 5.98. The van der Waals surface area contributed by atoms with E-state index in [0.717, 1.165) is 33.3 Å². The lowest BCUT2D eigenvalue weighted by atomic mass is 9.98. The van der Waals surface area contributed by atoms with Gasteiger partial charge in [0, 0.05) is 30.6 Å². The van der Waals surface area contributed by atoms with Crippen molar-refractivity contribution in [1.82, 2.24) is 19.9 Å². The fraction of sp³-hybridized carbons (Fsp3) is 0.240. The van der Waals surface area contributed by atoms with Crippen molar-refractivity contribution in [3.63, 3.8) is 0 Å². The van der Waals surface area contributed by atoms with Crippen LogP contribution in [-0.2, 0) is 11.2 Å². The number of nitrogens with zero attached hydrogens (tertiary/aromatic N) is 4. The van der Waals surface area contributed by atoms with Gasteiger partial charge in [-0.2, -0.15) is 0 Å². The van der Waals surface area contributed by atoms with Gasteiger partial charge in [-0.25, -0.2) is 4.68 Å². The molecular weight excluding hydrogens is 388 g/mol. The summed E-state index contributed by atoms with van der Waals surface area (Å²) in [6.45, 7) is 1.34. The highest BCUT2D eigenvalue weighted by molar-refractivity contribution is 5.88. The normalized spacial score (nSPS) is 13.9. The summed E-state index contributed by atoms with van der Waals surface area (Å²) < 4.78 is 7.43. The van der Waals surface area contributed by atoms with E-state index in [1.165, 1.54) is 0 Å². The minimum atomic E-state index is 0.162. The molecule has 6 heteroatoms. The number of fused-ring (bicyclic) bond motifs is 1. The molecule has 6 nitrogen and oxygen atoms in total. The van der Waals surface area contributed by atoms with Crippen LogP contribution >= 0.6 is 0 Å². The van der Waals surface area contributed by atoms with Crippen molar-refractivity contribution in [3.05, 3.63) is 78.5 Å². The van der Waals surface area contributed by atoms with E-state index in [4.69, 9.17) is 4.74 Å². The van der Waals surface area contributed by atoms with Gasteiger partial charge in [-0.15, -0.1) is 5.10 Å². The molecule has 1 saturated heterocycles. The number of carbonyl (C=O) groups is 1. The van der Waals surface area contributed by atoms with Crippen molar-refractivity contribution in [3.8, 4) is 17.0 Å². The maximum atomic E-state index is 12.8. The second-order valence-corrected chi connectivity index (χ2v) is 7.87. The van der Waals surface area contributed by atoms with Gasteiger partial charge in [-0.3, -0.25) is 4.79 Å². The predicted octanol–water partition coefficient (Wildman–Crippen LogP) is 4.12. The van der Waals surface area contributed by atoms with Crippen LogP contribution in [0.25, 0.3) is 22.0 Å². The number of ether oxygens (including phenoxy) is 1. The van der Waals surface area contributed by atoms with Crippen LogP contribution < -0.4 is 4.74 Å². The molecule has 1 aliphatic heterocycles. The van der Waals surface area contributed by atoms with E-state index in [1.807, 2.05) is 64.3 Å². The number of carbonyl (C=O) groups excluding carboxylic acids is 1. The molecule has 156 valence electrons. The molecule has 2 heterocycles. The third kappa shape index (κ3) is 3.77. The lowest BCUT2D eigenvalue weighted by molar-refractivity contribution is -0.137. The molecule has 5 rings (SSSR count). The SMILES string of the molecule is COc1ccc2ccccc2c1CCC(=O)N1CC(n2cc(-c3ccccc3)nn2)C1. The van der Waals surface area contributed by atoms with Crippen LogP contribution in [0.4, 0.5) is 0 Å². The fourth-order valence-electron chi connectivity index (χ4n) is 4.18. The van der Waals surface area contributed by atoms with Gasteiger partial charge in [0.05, 0.1) is 19.3 Å². The molecule has 0 aliphatic carbocycles. The average molecular weight is 412 g/mol. The van der Waals surface area contributed by atoms with Gasteiger partial charge in [0.2, 0.25) is 5.91 Å². The topological polar surface area (TPSA) is 60.2 Å². The Hall–Kier alpha value is -3.67. The lowest BCUT2D eigenvalue weighted by Gasteiger charge is -2.39. The van der Waals surface area contributed by atoms with Crippen LogP contribution in [-0.4, -0.2) is 46.0 Å². The fourth-order valence-corrected chi connectivity index (χ4v) is 4.18. The predicted molar refractivity (Wildman–Crippen MR) is 120 cm³/mol. The number of aromatic nitrogens is 3. The summed E-state index contributed by atoms with van der Waals surface area (Å²) >= 11 is 0. The molecule has 4 aromatic rings. The van der Waals surface area contributed by atoms with E-state index in [1.54, 1.807) is 7.11 Å². The minimum Gasteiger partial charge on any atom is -0.496 e. The second-order valence-electron chi connectivity index (χ2n) is 7.87. The molecule has 0 atom stereocenters. The van der Waals surface area contributed by atoms with Crippen molar-refractivity contribution >= 4 is 16.7 Å². The van der Waals surface area contributed by atoms with Crippen LogP contribution in [0.3, 0.4) is 0 Å². The Balaban J connectivity index is 1.21. The van der Waals surface area contributed by atoms with E-state index in [-0.39, 0.29) is 11.9 Å². The largest absolute Gasteiger partial charge is 0.496 e. The van der Waals surface area contributed by atoms with E-state index >= 15 is 0 Å². The molecule has 3 aromatic carbocycles. The lowest BCUT2D eigenvalue weighted by Crippen LogP contribution is -2.51. The zero-order chi connectivity index (χ0) is 21.2. The van der Waals surface area contributed by atoms with Crippen molar-refractivity contribution < 1.29 is 9.53 Å². The summed E-state index contributed by atoms with van der Waals surface area (Å²) in [7, 11) is 1.68. The Morgan fingerprint density at radius 3 is 2.61 bits per heavy atom. The number of amides is 1. The number of methoxy groups -OCH3 is 1. The molecule has 0 spiro atoms. The smallest absolute Gasteiger partial charge is 0.223 e. The first kappa shape index (κ1) is 19.3. The molecule has 0 N–H and O–H groups in total. The highest BCUT2D eigenvalue weighted by Gasteiger charge is 2.32.